The van der Waals surface area contributed by atoms with E-state index in [0.717, 1.165) is 18.8 Å². The zero-order chi connectivity index (χ0) is 13.2. The minimum Gasteiger partial charge on any atom is -0.409 e. The Morgan fingerprint density at radius 2 is 2.39 bits per heavy atom. The Labute approximate surface area is 106 Å². The molecule has 0 spiro atoms. The molecule has 1 aromatic rings. The summed E-state index contributed by atoms with van der Waals surface area (Å²) in [7, 11) is 0. The van der Waals surface area contributed by atoms with Crippen LogP contribution in [0.1, 0.15) is 19.5 Å². The summed E-state index contributed by atoms with van der Waals surface area (Å²) in [6, 6.07) is 3.73. The van der Waals surface area contributed by atoms with E-state index in [-0.39, 0.29) is 11.4 Å². The van der Waals surface area contributed by atoms with Crippen molar-refractivity contribution in [3.05, 3.63) is 24.0 Å². The third-order valence-electron chi connectivity index (χ3n) is 2.90. The van der Waals surface area contributed by atoms with Gasteiger partial charge in [0, 0.05) is 25.0 Å². The van der Waals surface area contributed by atoms with Crippen molar-refractivity contribution in [3.63, 3.8) is 0 Å². The van der Waals surface area contributed by atoms with Gasteiger partial charge in [-0.1, -0.05) is 5.16 Å². The van der Waals surface area contributed by atoms with E-state index < -0.39 is 0 Å². The van der Waals surface area contributed by atoms with Crippen LogP contribution < -0.4 is 10.6 Å². The average Bonchev–Trinajstić information content (AvgIpc) is 2.37. The third-order valence-corrected chi connectivity index (χ3v) is 2.90. The van der Waals surface area contributed by atoms with Gasteiger partial charge < -0.3 is 20.6 Å². The van der Waals surface area contributed by atoms with E-state index in [1.165, 1.54) is 0 Å². The van der Waals surface area contributed by atoms with Crippen LogP contribution >= 0.6 is 0 Å². The van der Waals surface area contributed by atoms with Crippen LogP contribution in [0.2, 0.25) is 0 Å². The molecule has 6 heteroatoms. The van der Waals surface area contributed by atoms with Crippen molar-refractivity contribution in [1.82, 2.24) is 4.98 Å². The number of hydrogen-bond acceptors (Lipinski definition) is 5. The normalized spacial score (nSPS) is 19.9. The number of oxime groups is 1. The summed E-state index contributed by atoms with van der Waals surface area (Å²) in [4.78, 5) is 6.28. The first kappa shape index (κ1) is 12.6. The molecule has 0 aromatic carbocycles. The van der Waals surface area contributed by atoms with Crippen molar-refractivity contribution in [1.29, 1.82) is 0 Å². The third kappa shape index (κ3) is 2.70. The van der Waals surface area contributed by atoms with Gasteiger partial charge in [0.1, 0.15) is 5.69 Å². The van der Waals surface area contributed by atoms with Gasteiger partial charge in [-0.2, -0.15) is 0 Å². The Morgan fingerprint density at radius 1 is 1.61 bits per heavy atom. The first-order valence-electron chi connectivity index (χ1n) is 5.85. The Kier molecular flexibility index (Phi) is 3.38. The van der Waals surface area contributed by atoms with Crippen LogP contribution in [-0.4, -0.2) is 41.3 Å². The predicted molar refractivity (Wildman–Crippen MR) is 69.0 cm³/mol. The van der Waals surface area contributed by atoms with Crippen molar-refractivity contribution < 1.29 is 9.94 Å². The second-order valence-electron chi connectivity index (χ2n) is 4.91. The summed E-state index contributed by atoms with van der Waals surface area (Å²) in [6.45, 7) is 6.43. The van der Waals surface area contributed by atoms with Gasteiger partial charge in [0.25, 0.3) is 0 Å². The molecule has 0 aliphatic carbocycles. The highest BCUT2D eigenvalue weighted by atomic mass is 16.5. The van der Waals surface area contributed by atoms with Gasteiger partial charge in [0.2, 0.25) is 0 Å². The molecule has 1 fully saturated rings. The van der Waals surface area contributed by atoms with Crippen LogP contribution in [0.25, 0.3) is 0 Å². The Balaban J connectivity index is 2.23. The molecule has 0 unspecified atom stereocenters. The van der Waals surface area contributed by atoms with E-state index in [9.17, 15) is 0 Å². The fraction of sp³-hybridized carbons (Fsp3) is 0.500. The SMILES string of the molecule is CC1(C)CN(c2ccnc(C(N)=NO)c2)CCO1. The Morgan fingerprint density at radius 3 is 3.06 bits per heavy atom. The molecule has 98 valence electrons. The van der Waals surface area contributed by atoms with E-state index in [0.29, 0.717) is 12.3 Å². The fourth-order valence-electron chi connectivity index (χ4n) is 2.04. The lowest BCUT2D eigenvalue weighted by molar-refractivity contribution is -0.0276. The zero-order valence-electron chi connectivity index (χ0n) is 10.6. The monoisotopic (exact) mass is 250 g/mol. The van der Waals surface area contributed by atoms with Gasteiger partial charge in [0.15, 0.2) is 5.84 Å². The summed E-state index contributed by atoms with van der Waals surface area (Å²) in [5.74, 6) is 0.0179. The Hall–Kier alpha value is -1.82. The molecule has 3 N–H and O–H groups in total. The molecule has 1 saturated heterocycles. The highest BCUT2D eigenvalue weighted by molar-refractivity contribution is 5.95. The van der Waals surface area contributed by atoms with Crippen LogP contribution in [0.4, 0.5) is 5.69 Å². The van der Waals surface area contributed by atoms with Gasteiger partial charge in [-0.05, 0) is 26.0 Å². The molecule has 0 atom stereocenters. The number of nitrogens with two attached hydrogens (primary N) is 1. The maximum atomic E-state index is 8.66. The van der Waals surface area contributed by atoms with Crippen molar-refractivity contribution in [2.45, 2.75) is 19.4 Å². The largest absolute Gasteiger partial charge is 0.409 e. The molecule has 0 amide bonds. The number of rotatable bonds is 2. The maximum absolute atomic E-state index is 8.66. The van der Waals surface area contributed by atoms with Crippen LogP contribution in [-0.2, 0) is 4.74 Å². The second-order valence-corrected chi connectivity index (χ2v) is 4.91. The molecular weight excluding hydrogens is 232 g/mol. The molecule has 18 heavy (non-hydrogen) atoms. The Bertz CT molecular complexity index is 459. The fourth-order valence-corrected chi connectivity index (χ4v) is 2.04. The number of pyridine rings is 1. The number of aromatic nitrogens is 1. The number of morpholine rings is 1. The summed E-state index contributed by atoms with van der Waals surface area (Å²) >= 11 is 0. The van der Waals surface area contributed by atoms with Crippen LogP contribution in [0.3, 0.4) is 0 Å². The molecule has 1 aliphatic heterocycles. The summed E-state index contributed by atoms with van der Waals surface area (Å²) in [5, 5.41) is 11.6. The topological polar surface area (TPSA) is 84.0 Å². The van der Waals surface area contributed by atoms with E-state index in [2.05, 4.69) is 28.9 Å². The summed E-state index contributed by atoms with van der Waals surface area (Å²) in [6.07, 6.45) is 1.66. The molecule has 0 bridgehead atoms. The highest BCUT2D eigenvalue weighted by Crippen LogP contribution is 2.23. The first-order chi connectivity index (χ1) is 8.52. The lowest BCUT2D eigenvalue weighted by Gasteiger charge is -2.39. The molecule has 2 rings (SSSR count). The van der Waals surface area contributed by atoms with Gasteiger partial charge in [-0.3, -0.25) is 4.98 Å². The average molecular weight is 250 g/mol. The van der Waals surface area contributed by atoms with Crippen LogP contribution in [0.5, 0.6) is 0 Å². The molecule has 1 aliphatic rings. The minimum atomic E-state index is -0.168. The summed E-state index contributed by atoms with van der Waals surface area (Å²) in [5.41, 5.74) is 6.85. The lowest BCUT2D eigenvalue weighted by Crippen LogP contribution is -2.48. The van der Waals surface area contributed by atoms with Crippen LogP contribution in [0, 0.1) is 0 Å². The second kappa shape index (κ2) is 4.81. The predicted octanol–water partition coefficient (Wildman–Crippen LogP) is 0.791. The van der Waals surface area contributed by atoms with E-state index in [1.807, 2.05) is 12.1 Å². The minimum absolute atomic E-state index is 0.0179. The van der Waals surface area contributed by atoms with Crippen molar-refractivity contribution >= 4 is 11.5 Å². The van der Waals surface area contributed by atoms with E-state index in [1.54, 1.807) is 6.20 Å². The number of amidine groups is 1. The number of ether oxygens (including phenoxy) is 1. The van der Waals surface area contributed by atoms with Crippen molar-refractivity contribution in [2.24, 2.45) is 10.9 Å². The van der Waals surface area contributed by atoms with Gasteiger partial charge in [-0.15, -0.1) is 0 Å². The lowest BCUT2D eigenvalue weighted by atomic mass is 10.1. The molecule has 0 radical (unpaired) electrons. The van der Waals surface area contributed by atoms with Crippen molar-refractivity contribution in [3.8, 4) is 0 Å². The van der Waals surface area contributed by atoms with Gasteiger partial charge in [-0.25, -0.2) is 0 Å². The standard InChI is InChI=1S/C12H18N4O2/c1-12(2)8-16(5-6-18-12)9-3-4-14-10(7-9)11(13)15-17/h3-4,7,17H,5-6,8H2,1-2H3,(H2,13,15). The van der Waals surface area contributed by atoms with Gasteiger partial charge >= 0.3 is 0 Å². The smallest absolute Gasteiger partial charge is 0.188 e. The van der Waals surface area contributed by atoms with E-state index >= 15 is 0 Å². The van der Waals surface area contributed by atoms with Gasteiger partial charge in [0.05, 0.1) is 12.2 Å². The molecule has 6 nitrogen and oxygen atoms in total. The molecular formula is C12H18N4O2. The first-order valence-corrected chi connectivity index (χ1v) is 5.85. The zero-order valence-corrected chi connectivity index (χ0v) is 10.6. The molecule has 1 aromatic heterocycles. The molecule has 2 heterocycles. The van der Waals surface area contributed by atoms with Crippen LogP contribution in [0.15, 0.2) is 23.5 Å². The summed E-state index contributed by atoms with van der Waals surface area (Å²) < 4.78 is 5.67. The number of anilines is 1. The van der Waals surface area contributed by atoms with Crippen molar-refractivity contribution in [2.75, 3.05) is 24.6 Å². The molecule has 0 saturated carbocycles. The quantitative estimate of drug-likeness (QED) is 0.351. The maximum Gasteiger partial charge on any atom is 0.188 e. The highest BCUT2D eigenvalue weighted by Gasteiger charge is 2.27. The number of hydrogen-bond donors (Lipinski definition) is 2. The van der Waals surface area contributed by atoms with E-state index in [4.69, 9.17) is 15.7 Å². The number of nitrogens with zero attached hydrogens (tertiary/aromatic N) is 3.